The fraction of sp³-hybridized carbons (Fsp3) is 0.500. The minimum absolute atomic E-state index is 0.551. The van der Waals surface area contributed by atoms with Crippen LogP contribution < -0.4 is 5.32 Å². The molecule has 0 saturated carbocycles. The second-order valence-corrected chi connectivity index (χ2v) is 5.30. The molecule has 0 radical (unpaired) electrons. The molecule has 0 aliphatic carbocycles. The summed E-state index contributed by atoms with van der Waals surface area (Å²) >= 11 is 2.33. The van der Waals surface area contributed by atoms with Crippen molar-refractivity contribution in [3.05, 3.63) is 33.4 Å². The monoisotopic (exact) mass is 303 g/mol. The van der Waals surface area contributed by atoms with Crippen LogP contribution in [0.3, 0.4) is 0 Å². The van der Waals surface area contributed by atoms with Gasteiger partial charge in [-0.1, -0.05) is 26.0 Å². The van der Waals surface area contributed by atoms with E-state index in [-0.39, 0.29) is 0 Å². The fourth-order valence-electron chi connectivity index (χ4n) is 1.60. The van der Waals surface area contributed by atoms with Gasteiger partial charge in [0.2, 0.25) is 0 Å². The molecule has 0 unspecified atom stereocenters. The molecular weight excluding hydrogens is 285 g/mol. The van der Waals surface area contributed by atoms with Gasteiger partial charge in [-0.2, -0.15) is 0 Å². The first-order chi connectivity index (χ1) is 6.58. The predicted molar refractivity (Wildman–Crippen MR) is 70.6 cm³/mol. The Labute approximate surface area is 100 Å². The van der Waals surface area contributed by atoms with Gasteiger partial charge in [-0.05, 0) is 53.6 Å². The van der Waals surface area contributed by atoms with Gasteiger partial charge in [0.1, 0.15) is 0 Å². The second-order valence-electron chi connectivity index (χ2n) is 4.05. The van der Waals surface area contributed by atoms with Crippen molar-refractivity contribution in [2.45, 2.75) is 39.3 Å². The number of hydrogen-bond acceptors (Lipinski definition) is 1. The normalized spacial score (nSPS) is 13.2. The molecular formula is C12H18IN. The number of nitrogens with one attached hydrogen (secondary N) is 1. The highest BCUT2D eigenvalue weighted by Gasteiger charge is 2.04. The summed E-state index contributed by atoms with van der Waals surface area (Å²) in [5.74, 6) is 0. The van der Waals surface area contributed by atoms with E-state index in [1.807, 2.05) is 0 Å². The molecule has 0 spiro atoms. The highest BCUT2D eigenvalue weighted by molar-refractivity contribution is 14.1. The lowest BCUT2D eigenvalue weighted by Crippen LogP contribution is -2.33. The number of hydrogen-bond donors (Lipinski definition) is 1. The zero-order valence-electron chi connectivity index (χ0n) is 9.05. The van der Waals surface area contributed by atoms with Crippen LogP contribution in [0.1, 0.15) is 26.3 Å². The highest BCUT2D eigenvalue weighted by atomic mass is 127. The van der Waals surface area contributed by atoms with Crippen molar-refractivity contribution < 1.29 is 0 Å². The van der Waals surface area contributed by atoms with E-state index < -0.39 is 0 Å². The first kappa shape index (κ1) is 12.0. The van der Waals surface area contributed by atoms with Crippen molar-refractivity contribution in [1.82, 2.24) is 5.32 Å². The maximum Gasteiger partial charge on any atom is 0.0130 e. The van der Waals surface area contributed by atoms with Crippen molar-refractivity contribution in [1.29, 1.82) is 0 Å². The van der Waals surface area contributed by atoms with Crippen molar-refractivity contribution >= 4 is 22.6 Å². The van der Waals surface area contributed by atoms with E-state index in [2.05, 4.69) is 72.9 Å². The van der Waals surface area contributed by atoms with E-state index in [1.54, 1.807) is 0 Å². The minimum Gasteiger partial charge on any atom is -0.312 e. The van der Waals surface area contributed by atoms with Crippen LogP contribution in [0.15, 0.2) is 24.3 Å². The lowest BCUT2D eigenvalue weighted by atomic mass is 10.1. The Bertz CT molecular complexity index is 266. The van der Waals surface area contributed by atoms with E-state index in [4.69, 9.17) is 0 Å². The molecule has 1 nitrogen and oxygen atoms in total. The van der Waals surface area contributed by atoms with Gasteiger partial charge in [-0.25, -0.2) is 0 Å². The molecule has 0 amide bonds. The van der Waals surface area contributed by atoms with Crippen LogP contribution in [0.5, 0.6) is 0 Å². The van der Waals surface area contributed by atoms with Gasteiger partial charge in [0, 0.05) is 15.7 Å². The molecule has 1 atom stereocenters. The molecule has 14 heavy (non-hydrogen) atoms. The van der Waals surface area contributed by atoms with E-state index in [0.717, 1.165) is 6.42 Å². The third-order valence-electron chi connectivity index (χ3n) is 2.07. The number of rotatable bonds is 4. The third kappa shape index (κ3) is 4.42. The van der Waals surface area contributed by atoms with Crippen molar-refractivity contribution in [2.24, 2.45) is 0 Å². The first-order valence-corrected chi connectivity index (χ1v) is 6.16. The van der Waals surface area contributed by atoms with Crippen LogP contribution in [-0.2, 0) is 6.42 Å². The highest BCUT2D eigenvalue weighted by Crippen LogP contribution is 2.08. The molecule has 0 aromatic heterocycles. The van der Waals surface area contributed by atoms with Gasteiger partial charge >= 0.3 is 0 Å². The quantitative estimate of drug-likeness (QED) is 0.842. The van der Waals surface area contributed by atoms with Crippen molar-refractivity contribution in [3.8, 4) is 0 Å². The molecule has 78 valence electrons. The molecule has 1 aromatic carbocycles. The Kier molecular flexibility index (Phi) is 4.89. The summed E-state index contributed by atoms with van der Waals surface area (Å²) in [5, 5.41) is 3.50. The molecule has 0 bridgehead atoms. The second kappa shape index (κ2) is 5.71. The summed E-state index contributed by atoms with van der Waals surface area (Å²) in [6.07, 6.45) is 1.11. The van der Waals surface area contributed by atoms with Gasteiger partial charge < -0.3 is 5.32 Å². The van der Waals surface area contributed by atoms with E-state index in [0.29, 0.717) is 12.1 Å². The van der Waals surface area contributed by atoms with Crippen LogP contribution in [-0.4, -0.2) is 12.1 Å². The van der Waals surface area contributed by atoms with Crippen LogP contribution in [0.4, 0.5) is 0 Å². The van der Waals surface area contributed by atoms with Crippen LogP contribution in [0.25, 0.3) is 0 Å². The van der Waals surface area contributed by atoms with Crippen molar-refractivity contribution in [3.63, 3.8) is 0 Å². The summed E-state index contributed by atoms with van der Waals surface area (Å²) in [6.45, 7) is 6.60. The number of benzene rings is 1. The average molecular weight is 303 g/mol. The zero-order valence-corrected chi connectivity index (χ0v) is 11.2. The average Bonchev–Trinajstić information content (AvgIpc) is 2.07. The van der Waals surface area contributed by atoms with Crippen LogP contribution in [0, 0.1) is 3.57 Å². The summed E-state index contributed by atoms with van der Waals surface area (Å²) in [6, 6.07) is 9.86. The molecule has 0 heterocycles. The summed E-state index contributed by atoms with van der Waals surface area (Å²) in [7, 11) is 0. The van der Waals surface area contributed by atoms with Crippen molar-refractivity contribution in [2.75, 3.05) is 0 Å². The lowest BCUT2D eigenvalue weighted by Gasteiger charge is -2.16. The Morgan fingerprint density at radius 2 is 1.71 bits per heavy atom. The fourth-order valence-corrected chi connectivity index (χ4v) is 1.96. The molecule has 0 fully saturated rings. The number of halogens is 1. The molecule has 0 saturated heterocycles. The Balaban J connectivity index is 2.47. The zero-order chi connectivity index (χ0) is 10.6. The largest absolute Gasteiger partial charge is 0.312 e. The standard InChI is InChI=1S/C12H18IN/c1-9(2)14-10(3)8-11-4-6-12(13)7-5-11/h4-7,9-10,14H,8H2,1-3H3/t10-/m1/s1. The Morgan fingerprint density at radius 3 is 2.21 bits per heavy atom. The maximum absolute atomic E-state index is 3.50. The van der Waals surface area contributed by atoms with Gasteiger partial charge in [0.05, 0.1) is 0 Å². The Hall–Kier alpha value is -0.0900. The summed E-state index contributed by atoms with van der Waals surface area (Å²) in [4.78, 5) is 0. The van der Waals surface area contributed by atoms with Crippen LogP contribution in [0.2, 0.25) is 0 Å². The molecule has 1 rings (SSSR count). The molecule has 1 N–H and O–H groups in total. The summed E-state index contributed by atoms with van der Waals surface area (Å²) in [5.41, 5.74) is 1.41. The minimum atomic E-state index is 0.551. The lowest BCUT2D eigenvalue weighted by molar-refractivity contribution is 0.488. The van der Waals surface area contributed by atoms with Gasteiger partial charge in [0.15, 0.2) is 0 Å². The maximum atomic E-state index is 3.50. The Morgan fingerprint density at radius 1 is 1.14 bits per heavy atom. The van der Waals surface area contributed by atoms with Gasteiger partial charge in [0.25, 0.3) is 0 Å². The SMILES string of the molecule is CC(C)N[C@H](C)Cc1ccc(I)cc1. The molecule has 1 aromatic rings. The first-order valence-electron chi connectivity index (χ1n) is 5.08. The van der Waals surface area contributed by atoms with Crippen LogP contribution >= 0.6 is 22.6 Å². The summed E-state index contributed by atoms with van der Waals surface area (Å²) < 4.78 is 1.30. The molecule has 0 aliphatic heterocycles. The van der Waals surface area contributed by atoms with Gasteiger partial charge in [-0.3, -0.25) is 0 Å². The van der Waals surface area contributed by atoms with E-state index in [1.165, 1.54) is 9.13 Å². The molecule has 2 heteroatoms. The van der Waals surface area contributed by atoms with E-state index in [9.17, 15) is 0 Å². The smallest absolute Gasteiger partial charge is 0.0130 e. The third-order valence-corrected chi connectivity index (χ3v) is 2.79. The van der Waals surface area contributed by atoms with Gasteiger partial charge in [-0.15, -0.1) is 0 Å². The predicted octanol–water partition coefficient (Wildman–Crippen LogP) is 3.22. The van der Waals surface area contributed by atoms with E-state index >= 15 is 0 Å². The topological polar surface area (TPSA) is 12.0 Å². The molecule has 0 aliphatic rings.